The molecule has 2 unspecified atom stereocenters. The third kappa shape index (κ3) is 29.3. The molecular formula is C47H80O10. The molecule has 0 aromatic carbocycles. The Labute approximate surface area is 345 Å². The number of carbonyl (C=O) groups is 2. The van der Waals surface area contributed by atoms with Gasteiger partial charge < -0.3 is 39.4 Å². The molecule has 328 valence electrons. The lowest BCUT2D eigenvalue weighted by Crippen LogP contribution is -2.59. The quantitative estimate of drug-likeness (QED) is 0.0274. The average Bonchev–Trinajstić information content (AvgIpc) is 3.21. The van der Waals surface area contributed by atoms with Crippen LogP contribution in [0.25, 0.3) is 0 Å². The Kier molecular flexibility index (Phi) is 34.6. The van der Waals surface area contributed by atoms with Crippen molar-refractivity contribution in [3.63, 3.8) is 0 Å². The predicted octanol–water partition coefficient (Wildman–Crippen LogP) is 9.44. The first kappa shape index (κ1) is 52.4. The third-order valence-corrected chi connectivity index (χ3v) is 9.88. The summed E-state index contributed by atoms with van der Waals surface area (Å²) in [4.78, 5) is 25.3. The van der Waals surface area contributed by atoms with Gasteiger partial charge in [-0.2, -0.15) is 0 Å². The molecule has 10 heteroatoms. The van der Waals surface area contributed by atoms with Gasteiger partial charge in [0.25, 0.3) is 0 Å². The van der Waals surface area contributed by atoms with Crippen molar-refractivity contribution in [2.24, 2.45) is 0 Å². The molecule has 0 bridgehead atoms. The number of allylic oxidation sites excluding steroid dienone is 10. The van der Waals surface area contributed by atoms with E-state index in [-0.39, 0.29) is 26.1 Å². The summed E-state index contributed by atoms with van der Waals surface area (Å²) in [6.07, 6.45) is 38.0. The molecule has 0 aromatic heterocycles. The van der Waals surface area contributed by atoms with Crippen LogP contribution >= 0.6 is 0 Å². The van der Waals surface area contributed by atoms with Gasteiger partial charge in [0.15, 0.2) is 12.4 Å². The highest BCUT2D eigenvalue weighted by Crippen LogP contribution is 2.22. The molecule has 57 heavy (non-hydrogen) atoms. The second-order valence-electron chi connectivity index (χ2n) is 15.1. The number of aliphatic hydroxyl groups excluding tert-OH is 4. The van der Waals surface area contributed by atoms with Crippen molar-refractivity contribution in [2.75, 3.05) is 19.8 Å². The summed E-state index contributed by atoms with van der Waals surface area (Å²) in [5.41, 5.74) is 0. The lowest BCUT2D eigenvalue weighted by atomic mass is 9.99. The lowest BCUT2D eigenvalue weighted by Gasteiger charge is -2.39. The van der Waals surface area contributed by atoms with Crippen molar-refractivity contribution in [3.05, 3.63) is 60.8 Å². The molecule has 1 heterocycles. The summed E-state index contributed by atoms with van der Waals surface area (Å²) in [7, 11) is 0. The Morgan fingerprint density at radius 1 is 0.544 bits per heavy atom. The molecule has 0 radical (unpaired) electrons. The minimum Gasteiger partial charge on any atom is -0.462 e. The van der Waals surface area contributed by atoms with Gasteiger partial charge >= 0.3 is 11.9 Å². The fourth-order valence-corrected chi connectivity index (χ4v) is 6.29. The molecule has 6 atom stereocenters. The number of carbonyl (C=O) groups excluding carboxylic acids is 2. The fourth-order valence-electron chi connectivity index (χ4n) is 6.29. The first-order valence-electron chi connectivity index (χ1n) is 22.4. The van der Waals surface area contributed by atoms with E-state index in [2.05, 4.69) is 74.6 Å². The van der Waals surface area contributed by atoms with Crippen LogP contribution in [0.5, 0.6) is 0 Å². The van der Waals surface area contributed by atoms with Crippen LogP contribution in [0.1, 0.15) is 168 Å². The van der Waals surface area contributed by atoms with Gasteiger partial charge in [-0.15, -0.1) is 0 Å². The standard InChI is InChI=1S/C47H80O10/c1-3-5-7-9-11-13-15-17-19-20-22-23-25-27-29-31-33-35-42(49)54-38-40(39-55-47-46(53)45(52)44(51)41(37-48)57-47)56-43(50)36-34-32-30-28-26-24-21-18-16-14-12-10-8-6-4-2/h12,14,17-19,21-23,27,29,40-41,44-48,51-53H,3-11,13,15-16,20,24-26,28,30-39H2,1-2H3/b14-12+,19-17+,21-18+,23-22+,29-27+/t40-,41-,44+,45?,46?,47-/m0/s1. The average molecular weight is 805 g/mol. The van der Waals surface area contributed by atoms with E-state index in [0.29, 0.717) is 12.8 Å². The Bertz CT molecular complexity index is 1110. The molecule has 1 fully saturated rings. The molecule has 0 spiro atoms. The maximum Gasteiger partial charge on any atom is 0.306 e. The van der Waals surface area contributed by atoms with Gasteiger partial charge in [0.2, 0.25) is 0 Å². The summed E-state index contributed by atoms with van der Waals surface area (Å²) in [5.74, 6) is -0.888. The van der Waals surface area contributed by atoms with Gasteiger partial charge in [-0.25, -0.2) is 0 Å². The van der Waals surface area contributed by atoms with Crippen LogP contribution in [0.15, 0.2) is 60.8 Å². The van der Waals surface area contributed by atoms with E-state index < -0.39 is 55.4 Å². The Hall–Kier alpha value is -2.60. The second-order valence-corrected chi connectivity index (χ2v) is 15.1. The van der Waals surface area contributed by atoms with Crippen LogP contribution in [0.4, 0.5) is 0 Å². The number of esters is 2. The highest BCUT2D eigenvalue weighted by Gasteiger charge is 2.44. The van der Waals surface area contributed by atoms with Crippen LogP contribution in [0.3, 0.4) is 0 Å². The van der Waals surface area contributed by atoms with Gasteiger partial charge in [0, 0.05) is 12.8 Å². The number of aliphatic hydroxyl groups is 4. The van der Waals surface area contributed by atoms with Gasteiger partial charge in [0.1, 0.15) is 31.0 Å². The predicted molar refractivity (Wildman–Crippen MR) is 228 cm³/mol. The molecule has 0 amide bonds. The van der Waals surface area contributed by atoms with Crippen molar-refractivity contribution < 1.29 is 49.0 Å². The van der Waals surface area contributed by atoms with Crippen LogP contribution in [0.2, 0.25) is 0 Å². The normalized spacial score (nSPS) is 20.8. The Morgan fingerprint density at radius 3 is 1.56 bits per heavy atom. The van der Waals surface area contributed by atoms with E-state index in [9.17, 15) is 30.0 Å². The first-order chi connectivity index (χ1) is 27.8. The molecule has 1 aliphatic heterocycles. The SMILES string of the molecule is CCCCC/C=C/C/C=C/CCCCCCCC(=O)O[C@@H](COC(=O)CCC/C=C/C/C=C/C/C=C/CCCCCCCC)CO[C@H]1O[C@@H](CO)[C@@H](O)C(O)C1O. The van der Waals surface area contributed by atoms with E-state index in [1.165, 1.54) is 57.8 Å². The summed E-state index contributed by atoms with van der Waals surface area (Å²) in [5, 5.41) is 40.0. The molecule has 0 aliphatic carbocycles. The maximum atomic E-state index is 12.8. The number of ether oxygens (including phenoxy) is 4. The summed E-state index contributed by atoms with van der Waals surface area (Å²) < 4.78 is 22.1. The highest BCUT2D eigenvalue weighted by molar-refractivity contribution is 5.70. The molecule has 1 aliphatic rings. The van der Waals surface area contributed by atoms with E-state index in [1.807, 2.05) is 0 Å². The number of unbranched alkanes of at least 4 members (excludes halogenated alkanes) is 15. The molecule has 1 saturated heterocycles. The highest BCUT2D eigenvalue weighted by atomic mass is 16.7. The zero-order valence-corrected chi connectivity index (χ0v) is 35.6. The van der Waals surface area contributed by atoms with Gasteiger partial charge in [-0.05, 0) is 77.0 Å². The van der Waals surface area contributed by atoms with E-state index in [4.69, 9.17) is 18.9 Å². The molecule has 10 nitrogen and oxygen atoms in total. The van der Waals surface area contributed by atoms with E-state index in [0.717, 1.165) is 70.6 Å². The monoisotopic (exact) mass is 805 g/mol. The van der Waals surface area contributed by atoms with Crippen LogP contribution < -0.4 is 0 Å². The maximum absolute atomic E-state index is 12.8. The van der Waals surface area contributed by atoms with Gasteiger partial charge in [-0.1, -0.05) is 139 Å². The van der Waals surface area contributed by atoms with Crippen LogP contribution in [-0.4, -0.2) is 89.0 Å². The Morgan fingerprint density at radius 2 is 1.00 bits per heavy atom. The first-order valence-corrected chi connectivity index (χ1v) is 22.4. The zero-order chi connectivity index (χ0) is 41.6. The van der Waals surface area contributed by atoms with E-state index in [1.54, 1.807) is 0 Å². The fraction of sp³-hybridized carbons (Fsp3) is 0.745. The topological polar surface area (TPSA) is 152 Å². The van der Waals surface area contributed by atoms with Gasteiger partial charge in [-0.3, -0.25) is 9.59 Å². The van der Waals surface area contributed by atoms with Crippen molar-refractivity contribution in [1.82, 2.24) is 0 Å². The molecule has 0 saturated carbocycles. The van der Waals surface area contributed by atoms with Crippen molar-refractivity contribution in [3.8, 4) is 0 Å². The minimum absolute atomic E-state index is 0.198. The van der Waals surface area contributed by atoms with E-state index >= 15 is 0 Å². The van der Waals surface area contributed by atoms with Crippen molar-refractivity contribution in [1.29, 1.82) is 0 Å². The van der Waals surface area contributed by atoms with Crippen molar-refractivity contribution in [2.45, 2.75) is 205 Å². The number of hydrogen-bond donors (Lipinski definition) is 4. The number of hydrogen-bond acceptors (Lipinski definition) is 10. The Balaban J connectivity index is 2.39. The summed E-state index contributed by atoms with van der Waals surface area (Å²) in [6, 6.07) is 0. The van der Waals surface area contributed by atoms with Gasteiger partial charge in [0.05, 0.1) is 13.2 Å². The largest absolute Gasteiger partial charge is 0.462 e. The smallest absolute Gasteiger partial charge is 0.306 e. The van der Waals surface area contributed by atoms with Crippen LogP contribution in [0, 0.1) is 0 Å². The lowest BCUT2D eigenvalue weighted by molar-refractivity contribution is -0.305. The van der Waals surface area contributed by atoms with Crippen molar-refractivity contribution >= 4 is 11.9 Å². The zero-order valence-electron chi connectivity index (χ0n) is 35.6. The second kappa shape index (κ2) is 37.7. The molecule has 0 aromatic rings. The summed E-state index contributed by atoms with van der Waals surface area (Å²) >= 11 is 0. The third-order valence-electron chi connectivity index (χ3n) is 9.88. The molecular weight excluding hydrogens is 725 g/mol. The minimum atomic E-state index is -1.61. The molecule has 4 N–H and O–H groups in total. The van der Waals surface area contributed by atoms with Crippen LogP contribution in [-0.2, 0) is 28.5 Å². The summed E-state index contributed by atoms with van der Waals surface area (Å²) in [6.45, 7) is 3.31. The molecule has 1 rings (SSSR count). The number of rotatable bonds is 36.